The lowest BCUT2D eigenvalue weighted by atomic mass is 9.93. The molecule has 1 aliphatic rings. The molecule has 1 aliphatic carbocycles. The molecule has 1 fully saturated rings. The second-order valence-corrected chi connectivity index (χ2v) is 4.91. The predicted molar refractivity (Wildman–Crippen MR) is 71.3 cm³/mol. The number of hydrogen-bond donors (Lipinski definition) is 0. The Kier molecular flexibility index (Phi) is 3.78. The highest BCUT2D eigenvalue weighted by molar-refractivity contribution is 5.79. The van der Waals surface area contributed by atoms with Crippen molar-refractivity contribution in [3.8, 4) is 0 Å². The number of carbonyl (C=O) groups excluding carboxylic acids is 1. The summed E-state index contributed by atoms with van der Waals surface area (Å²) >= 11 is 0. The van der Waals surface area contributed by atoms with Crippen LogP contribution in [0.15, 0.2) is 12.1 Å². The number of nitrogens with zero attached hydrogens (tertiary/aromatic N) is 3. The topological polar surface area (TPSA) is 76.3 Å². The molecule has 0 atom stereocenters. The SMILES string of the molecule is Cc1nc(N(C)C2CCC(=O)CC2)ccc1[N+](=O)[O-]. The van der Waals surface area contributed by atoms with E-state index in [2.05, 4.69) is 4.98 Å². The smallest absolute Gasteiger partial charge is 0.290 e. The van der Waals surface area contributed by atoms with Crippen LogP contribution in [0.25, 0.3) is 0 Å². The fraction of sp³-hybridized carbons (Fsp3) is 0.538. The number of carbonyl (C=O) groups is 1. The molecule has 1 aromatic heterocycles. The second kappa shape index (κ2) is 5.34. The van der Waals surface area contributed by atoms with Gasteiger partial charge in [0.05, 0.1) is 4.92 Å². The van der Waals surface area contributed by atoms with Gasteiger partial charge in [-0.1, -0.05) is 0 Å². The molecular weight excluding hydrogens is 246 g/mol. The Labute approximate surface area is 111 Å². The van der Waals surface area contributed by atoms with E-state index in [1.54, 1.807) is 13.0 Å². The first-order valence-electron chi connectivity index (χ1n) is 6.35. The normalized spacial score (nSPS) is 16.4. The van der Waals surface area contributed by atoms with Crippen LogP contribution in [-0.4, -0.2) is 28.8 Å². The van der Waals surface area contributed by atoms with Crippen LogP contribution in [0, 0.1) is 17.0 Å². The molecule has 2 rings (SSSR count). The van der Waals surface area contributed by atoms with Crippen molar-refractivity contribution in [2.24, 2.45) is 0 Å². The van der Waals surface area contributed by atoms with Gasteiger partial charge in [0.25, 0.3) is 5.69 Å². The number of nitro groups is 1. The van der Waals surface area contributed by atoms with Gasteiger partial charge in [0, 0.05) is 32.0 Å². The van der Waals surface area contributed by atoms with E-state index in [1.807, 2.05) is 11.9 Å². The Morgan fingerprint density at radius 3 is 2.53 bits per heavy atom. The van der Waals surface area contributed by atoms with Crippen molar-refractivity contribution < 1.29 is 9.72 Å². The summed E-state index contributed by atoms with van der Waals surface area (Å²) < 4.78 is 0. The van der Waals surface area contributed by atoms with E-state index in [9.17, 15) is 14.9 Å². The first kappa shape index (κ1) is 13.5. The van der Waals surface area contributed by atoms with Gasteiger partial charge in [0.1, 0.15) is 17.3 Å². The van der Waals surface area contributed by atoms with E-state index in [1.165, 1.54) is 6.07 Å². The van der Waals surface area contributed by atoms with E-state index in [-0.39, 0.29) is 11.7 Å². The summed E-state index contributed by atoms with van der Waals surface area (Å²) in [6, 6.07) is 3.44. The Balaban J connectivity index is 2.15. The summed E-state index contributed by atoms with van der Waals surface area (Å²) in [5.41, 5.74) is 0.456. The number of pyridine rings is 1. The highest BCUT2D eigenvalue weighted by atomic mass is 16.6. The molecular formula is C13H17N3O3. The van der Waals surface area contributed by atoms with Crippen molar-refractivity contribution >= 4 is 17.3 Å². The Hall–Kier alpha value is -1.98. The molecule has 19 heavy (non-hydrogen) atoms. The first-order valence-corrected chi connectivity index (χ1v) is 6.35. The van der Waals surface area contributed by atoms with Crippen LogP contribution >= 0.6 is 0 Å². The van der Waals surface area contributed by atoms with Crippen LogP contribution < -0.4 is 4.90 Å². The van der Waals surface area contributed by atoms with E-state index in [4.69, 9.17) is 0 Å². The number of aryl methyl sites for hydroxylation is 1. The maximum atomic E-state index is 11.2. The molecule has 6 nitrogen and oxygen atoms in total. The van der Waals surface area contributed by atoms with Crippen LogP contribution in [0.3, 0.4) is 0 Å². The third-order valence-electron chi connectivity index (χ3n) is 3.66. The molecule has 0 aliphatic heterocycles. The van der Waals surface area contributed by atoms with Crippen LogP contribution in [0.4, 0.5) is 11.5 Å². The Morgan fingerprint density at radius 1 is 1.37 bits per heavy atom. The molecule has 1 heterocycles. The second-order valence-electron chi connectivity index (χ2n) is 4.91. The molecule has 102 valence electrons. The van der Waals surface area contributed by atoms with Crippen molar-refractivity contribution in [1.82, 2.24) is 4.98 Å². The van der Waals surface area contributed by atoms with Crippen LogP contribution in [0.1, 0.15) is 31.4 Å². The Bertz CT molecular complexity index is 506. The van der Waals surface area contributed by atoms with Gasteiger partial charge in [-0.15, -0.1) is 0 Å². The fourth-order valence-corrected chi connectivity index (χ4v) is 2.43. The number of aromatic nitrogens is 1. The molecule has 6 heteroatoms. The number of Topliss-reactive ketones (excluding diaryl/α,β-unsaturated/α-hetero) is 1. The number of hydrogen-bond acceptors (Lipinski definition) is 5. The standard InChI is InChI=1S/C13H17N3O3/c1-9-12(16(18)19)7-8-13(14-9)15(2)10-3-5-11(17)6-4-10/h7-8,10H,3-6H2,1-2H3. The molecule has 0 radical (unpaired) electrons. The van der Waals surface area contributed by atoms with Gasteiger partial charge in [-0.2, -0.15) is 0 Å². The molecule has 0 aromatic carbocycles. The van der Waals surface area contributed by atoms with Gasteiger partial charge in [0.2, 0.25) is 0 Å². The van der Waals surface area contributed by atoms with E-state index in [0.717, 1.165) is 18.7 Å². The first-order chi connectivity index (χ1) is 8.99. The van der Waals surface area contributed by atoms with Gasteiger partial charge in [-0.3, -0.25) is 14.9 Å². The lowest BCUT2D eigenvalue weighted by molar-refractivity contribution is -0.385. The summed E-state index contributed by atoms with van der Waals surface area (Å²) in [5.74, 6) is 1.04. The molecule has 1 aromatic rings. The molecule has 0 unspecified atom stereocenters. The maximum absolute atomic E-state index is 11.2. The number of rotatable bonds is 3. The summed E-state index contributed by atoms with van der Waals surface area (Å²) in [7, 11) is 1.92. The Morgan fingerprint density at radius 2 is 2.00 bits per heavy atom. The number of ketones is 1. The third-order valence-corrected chi connectivity index (χ3v) is 3.66. The summed E-state index contributed by atoms with van der Waals surface area (Å²) in [6.45, 7) is 1.64. The largest absolute Gasteiger partial charge is 0.357 e. The average molecular weight is 263 g/mol. The maximum Gasteiger partial charge on any atom is 0.290 e. The summed E-state index contributed by atoms with van der Waals surface area (Å²) in [6.07, 6.45) is 2.88. The molecule has 0 N–H and O–H groups in total. The van der Waals surface area contributed by atoms with Gasteiger partial charge < -0.3 is 4.90 Å². The van der Waals surface area contributed by atoms with Crippen LogP contribution in [0.5, 0.6) is 0 Å². The van der Waals surface area contributed by atoms with Crippen molar-refractivity contribution in [2.45, 2.75) is 38.6 Å². The zero-order valence-corrected chi connectivity index (χ0v) is 11.1. The molecule has 1 saturated carbocycles. The molecule has 0 bridgehead atoms. The predicted octanol–water partition coefficient (Wildman–Crippen LogP) is 2.25. The van der Waals surface area contributed by atoms with E-state index < -0.39 is 4.92 Å². The lowest BCUT2D eigenvalue weighted by Gasteiger charge is -2.31. The quantitative estimate of drug-likeness (QED) is 0.617. The van der Waals surface area contributed by atoms with Crippen molar-refractivity contribution in [1.29, 1.82) is 0 Å². The van der Waals surface area contributed by atoms with E-state index in [0.29, 0.717) is 24.3 Å². The van der Waals surface area contributed by atoms with Crippen molar-refractivity contribution in [3.63, 3.8) is 0 Å². The minimum atomic E-state index is -0.425. The minimum absolute atomic E-state index is 0.0379. The van der Waals surface area contributed by atoms with Crippen molar-refractivity contribution in [2.75, 3.05) is 11.9 Å². The fourth-order valence-electron chi connectivity index (χ4n) is 2.43. The zero-order chi connectivity index (χ0) is 14.0. The van der Waals surface area contributed by atoms with Crippen LogP contribution in [-0.2, 0) is 4.79 Å². The monoisotopic (exact) mass is 263 g/mol. The summed E-state index contributed by atoms with van der Waals surface area (Å²) in [4.78, 5) is 27.9. The van der Waals surface area contributed by atoms with Crippen molar-refractivity contribution in [3.05, 3.63) is 27.9 Å². The van der Waals surface area contributed by atoms with Gasteiger partial charge in [0.15, 0.2) is 0 Å². The highest BCUT2D eigenvalue weighted by Gasteiger charge is 2.24. The summed E-state index contributed by atoms with van der Waals surface area (Å²) in [5, 5.41) is 10.8. The lowest BCUT2D eigenvalue weighted by Crippen LogP contribution is -2.35. The average Bonchev–Trinajstić information content (AvgIpc) is 2.38. The van der Waals surface area contributed by atoms with Gasteiger partial charge >= 0.3 is 0 Å². The molecule has 0 amide bonds. The zero-order valence-electron chi connectivity index (χ0n) is 11.1. The van der Waals surface area contributed by atoms with Crippen LogP contribution in [0.2, 0.25) is 0 Å². The molecule has 0 saturated heterocycles. The molecule has 0 spiro atoms. The van der Waals surface area contributed by atoms with Gasteiger partial charge in [-0.05, 0) is 25.8 Å². The highest BCUT2D eigenvalue weighted by Crippen LogP contribution is 2.25. The minimum Gasteiger partial charge on any atom is -0.357 e. The number of anilines is 1. The third kappa shape index (κ3) is 2.89. The van der Waals surface area contributed by atoms with Gasteiger partial charge in [-0.25, -0.2) is 4.98 Å². The van der Waals surface area contributed by atoms with E-state index >= 15 is 0 Å².